The summed E-state index contributed by atoms with van der Waals surface area (Å²) >= 11 is 0. The van der Waals surface area contributed by atoms with Crippen LogP contribution in [0.4, 0.5) is 21.5 Å². The van der Waals surface area contributed by atoms with Crippen molar-refractivity contribution < 1.29 is 38.4 Å². The second-order valence-corrected chi connectivity index (χ2v) is 13.4. The number of hydrogen-bond acceptors (Lipinski definition) is 10. The van der Waals surface area contributed by atoms with Crippen molar-refractivity contribution in [3.8, 4) is 0 Å². The zero-order valence-corrected chi connectivity index (χ0v) is 31.2. The van der Waals surface area contributed by atoms with Gasteiger partial charge in [-0.1, -0.05) is 0 Å². The van der Waals surface area contributed by atoms with Gasteiger partial charge in [0.2, 0.25) is 23.7 Å². The Morgan fingerprint density at radius 1 is 0.811 bits per heavy atom. The van der Waals surface area contributed by atoms with Crippen LogP contribution in [0.2, 0.25) is 0 Å². The zero-order chi connectivity index (χ0) is 39.4. The van der Waals surface area contributed by atoms with Crippen molar-refractivity contribution in [2.45, 2.75) is 64.6 Å². The second kappa shape index (κ2) is 22.7. The highest BCUT2D eigenvalue weighted by Crippen LogP contribution is 2.05. The van der Waals surface area contributed by atoms with Crippen molar-refractivity contribution in [1.82, 2.24) is 41.2 Å². The van der Waals surface area contributed by atoms with Gasteiger partial charge in [-0.2, -0.15) is 0 Å². The van der Waals surface area contributed by atoms with Crippen LogP contribution < -0.4 is 43.0 Å². The third kappa shape index (κ3) is 19.8. The molecule has 6 amide bonds. The van der Waals surface area contributed by atoms with E-state index in [1.54, 1.807) is 13.8 Å². The molecule has 20 nitrogen and oxygen atoms in total. The van der Waals surface area contributed by atoms with Gasteiger partial charge in [0, 0.05) is 81.8 Å². The Labute approximate surface area is 307 Å². The molecule has 2 heterocycles. The van der Waals surface area contributed by atoms with Gasteiger partial charge in [0.15, 0.2) is 0 Å². The summed E-state index contributed by atoms with van der Waals surface area (Å²) in [7, 11) is 5.93. The fourth-order valence-electron chi connectivity index (χ4n) is 5.09. The number of aliphatic hydroxyl groups is 2. The number of nitrogens with one attached hydrogen (secondary N) is 8. The van der Waals surface area contributed by atoms with Crippen molar-refractivity contribution >= 4 is 42.0 Å². The predicted molar refractivity (Wildman–Crippen MR) is 198 cm³/mol. The molecular weight excluding hydrogens is 692 g/mol. The maximum atomic E-state index is 12.3. The maximum Gasteiger partial charge on any atom is 0.321 e. The highest BCUT2D eigenvalue weighted by Gasteiger charge is 2.21. The van der Waals surface area contributed by atoms with Gasteiger partial charge < -0.3 is 36.0 Å². The zero-order valence-electron chi connectivity index (χ0n) is 31.2. The Kier molecular flexibility index (Phi) is 18.8. The Balaban J connectivity index is 1.51. The number of nitrogens with zero attached hydrogens (tertiary/aromatic N) is 4. The van der Waals surface area contributed by atoms with Crippen molar-refractivity contribution in [3.63, 3.8) is 0 Å². The predicted octanol–water partition coefficient (Wildman–Crippen LogP) is -1.50. The van der Waals surface area contributed by atoms with Crippen LogP contribution in [0.1, 0.15) is 49.9 Å². The maximum absolute atomic E-state index is 12.3. The van der Waals surface area contributed by atoms with E-state index in [1.807, 2.05) is 31.9 Å². The summed E-state index contributed by atoms with van der Waals surface area (Å²) in [5, 5.41) is 36.2. The smallest absolute Gasteiger partial charge is 0.321 e. The summed E-state index contributed by atoms with van der Waals surface area (Å²) in [5.41, 5.74) is 0.257. The van der Waals surface area contributed by atoms with E-state index in [0.717, 1.165) is 13.1 Å². The van der Waals surface area contributed by atoms with Crippen LogP contribution in [0.3, 0.4) is 0 Å². The number of rotatable bonds is 22. The van der Waals surface area contributed by atoms with Crippen molar-refractivity contribution in [3.05, 3.63) is 44.2 Å². The second-order valence-electron chi connectivity index (χ2n) is 13.4. The quantitative estimate of drug-likeness (QED) is 0.0288. The molecule has 0 aliphatic rings. The monoisotopic (exact) mass is 748 g/mol. The first-order valence-electron chi connectivity index (χ1n) is 17.5. The van der Waals surface area contributed by atoms with Gasteiger partial charge in [0.05, 0.1) is 39.7 Å². The largest absolute Gasteiger partial charge is 0.392 e. The van der Waals surface area contributed by atoms with Gasteiger partial charge in [-0.3, -0.25) is 39.8 Å². The number of aromatic amines is 2. The topological polar surface area (TPSA) is 275 Å². The molecule has 2 aromatic heterocycles. The number of carbonyl (C=O) groups is 4. The molecule has 0 saturated carbocycles. The molecule has 0 saturated heterocycles. The van der Waals surface area contributed by atoms with Crippen LogP contribution in [0.5, 0.6) is 0 Å². The Morgan fingerprint density at radius 3 is 1.87 bits per heavy atom. The molecule has 0 bridgehead atoms. The molecular formula is C33H56N12O8+2. The third-order valence-corrected chi connectivity index (χ3v) is 7.77. The molecule has 0 radical (unpaired) electrons. The highest BCUT2D eigenvalue weighted by molar-refractivity contribution is 5.87. The fraction of sp³-hybridized carbons (Fsp3) is 0.606. The van der Waals surface area contributed by atoms with Crippen LogP contribution in [0, 0.1) is 13.8 Å². The Morgan fingerprint density at radius 2 is 1.32 bits per heavy atom. The lowest BCUT2D eigenvalue weighted by Crippen LogP contribution is -2.44. The average molecular weight is 749 g/mol. The van der Waals surface area contributed by atoms with Crippen LogP contribution in [-0.2, 0) is 9.59 Å². The number of amides is 6. The Hall–Kier alpha value is -5.21. The number of carbonyl (C=O) groups excluding carboxylic acids is 4. The summed E-state index contributed by atoms with van der Waals surface area (Å²) in [4.78, 5) is 84.5. The summed E-state index contributed by atoms with van der Waals surface area (Å²) in [6.07, 6.45) is 1.19. The number of anilines is 2. The van der Waals surface area contributed by atoms with Gasteiger partial charge in [-0.15, -0.1) is 0 Å². The van der Waals surface area contributed by atoms with E-state index in [4.69, 9.17) is 0 Å². The molecule has 0 spiro atoms. The standard InChI is InChI=1S/C33H54N12O8/c1-22-18-27(49)40-30(38-22)42-32(52)36-11-7-15-44(3)14-6-10-35-29(51)25(47)20-24(46)21-26(48)34-12-8-16-45(4,5)17-9-13-37-33(53)43-31-39-23(2)19-28(50)41-31/h15,18-19,24-25,46-47H,6-14,16-17,20-21H2,1-5H3,(H6-2,34,35,36,37,38,39,40,41,42,43,48,49,50,51,52,53)/p+2/t24-,25-/m0/s1. The van der Waals surface area contributed by atoms with E-state index in [0.29, 0.717) is 74.3 Å². The lowest BCUT2D eigenvalue weighted by Gasteiger charge is -2.30. The summed E-state index contributed by atoms with van der Waals surface area (Å²) in [5.74, 6) is -0.878. The van der Waals surface area contributed by atoms with Gasteiger partial charge >= 0.3 is 12.1 Å². The molecule has 2 aromatic rings. The van der Waals surface area contributed by atoms with Gasteiger partial charge in [0.25, 0.3) is 11.1 Å². The minimum atomic E-state index is -1.46. The first kappa shape index (κ1) is 44.0. The first-order valence-corrected chi connectivity index (χ1v) is 17.5. The van der Waals surface area contributed by atoms with E-state index in [-0.39, 0.29) is 41.8 Å². The number of quaternary nitrogens is 1. The van der Waals surface area contributed by atoms with E-state index in [1.165, 1.54) is 12.1 Å². The van der Waals surface area contributed by atoms with Crippen molar-refractivity contribution in [2.75, 3.05) is 77.6 Å². The van der Waals surface area contributed by atoms with Gasteiger partial charge in [-0.05, 0) is 13.8 Å². The first-order chi connectivity index (χ1) is 25.0. The lowest BCUT2D eigenvalue weighted by atomic mass is 10.1. The Bertz CT molecular complexity index is 1660. The van der Waals surface area contributed by atoms with Crippen LogP contribution in [0.25, 0.3) is 0 Å². The van der Waals surface area contributed by atoms with Crippen LogP contribution in [-0.4, -0.2) is 148 Å². The average Bonchev–Trinajstić information content (AvgIpc) is 3.04. The molecule has 53 heavy (non-hydrogen) atoms. The van der Waals surface area contributed by atoms with Crippen LogP contribution >= 0.6 is 0 Å². The van der Waals surface area contributed by atoms with E-state index >= 15 is 0 Å². The molecule has 0 unspecified atom stereocenters. The molecule has 0 fully saturated rings. The summed E-state index contributed by atoms with van der Waals surface area (Å²) in [6, 6.07) is 1.67. The van der Waals surface area contributed by atoms with Crippen molar-refractivity contribution in [1.29, 1.82) is 0 Å². The number of aromatic nitrogens is 4. The molecule has 2 rings (SSSR count). The number of aliphatic hydroxyl groups excluding tert-OH is 2. The molecule has 294 valence electrons. The summed E-state index contributed by atoms with van der Waals surface area (Å²) < 4.78 is 2.56. The van der Waals surface area contributed by atoms with Crippen LogP contribution in [0.15, 0.2) is 21.7 Å². The number of H-pyrrole nitrogens is 2. The van der Waals surface area contributed by atoms with Gasteiger partial charge in [-0.25, -0.2) is 24.1 Å². The normalized spacial score (nSPS) is 12.7. The van der Waals surface area contributed by atoms with E-state index in [2.05, 4.69) is 51.8 Å². The lowest BCUT2D eigenvalue weighted by molar-refractivity contribution is -0.890. The minimum absolute atomic E-state index is 0.0614. The van der Waals surface area contributed by atoms with Crippen molar-refractivity contribution in [2.24, 2.45) is 0 Å². The number of urea groups is 2. The molecule has 2 atom stereocenters. The molecule has 0 aliphatic heterocycles. The number of aryl methyl sites for hydroxylation is 2. The summed E-state index contributed by atoms with van der Waals surface area (Å²) in [6.45, 7) is 6.87. The highest BCUT2D eigenvalue weighted by atomic mass is 16.3. The molecule has 0 aromatic carbocycles. The molecule has 20 heteroatoms. The fourth-order valence-corrected chi connectivity index (χ4v) is 5.09. The molecule has 10 N–H and O–H groups in total. The van der Waals surface area contributed by atoms with Gasteiger partial charge in [0.1, 0.15) is 25.9 Å². The van der Waals surface area contributed by atoms with E-state index in [9.17, 15) is 39.0 Å². The number of hydrogen-bond donors (Lipinski definition) is 10. The minimum Gasteiger partial charge on any atom is -0.392 e. The SMILES string of the molecule is Cc1cc(=O)[nH]c(NC(=O)NCCC=[N+](C)CCCNC(=O)[C@@H](O)C[C@H](O)CC(=O)NCCC[N+](C)(C)CCCNC(=O)Nc2nc(C)cc(=O)[nH]2)n1. The van der Waals surface area contributed by atoms with E-state index < -0.39 is 30.2 Å². The molecule has 0 aliphatic carbocycles. The third-order valence-electron chi connectivity index (χ3n) is 7.77.